The maximum absolute atomic E-state index is 6.46. The van der Waals surface area contributed by atoms with Crippen LogP contribution in [0.15, 0.2) is 65.2 Å². The average Bonchev–Trinajstić information content (AvgIpc) is 3.38. The van der Waals surface area contributed by atoms with Crippen LogP contribution in [0.5, 0.6) is 0 Å². The van der Waals surface area contributed by atoms with Crippen molar-refractivity contribution in [2.75, 3.05) is 0 Å². The van der Waals surface area contributed by atoms with E-state index in [4.69, 9.17) is 9.40 Å². The van der Waals surface area contributed by atoms with Gasteiger partial charge in [0.05, 0.1) is 20.9 Å². The number of aromatic nitrogens is 2. The molecule has 0 spiro atoms. The molecule has 0 saturated carbocycles. The van der Waals surface area contributed by atoms with Gasteiger partial charge in [-0.15, -0.1) is 11.3 Å². The first kappa shape index (κ1) is 21.1. The van der Waals surface area contributed by atoms with Crippen molar-refractivity contribution in [3.05, 3.63) is 82.5 Å². The molecule has 0 aliphatic rings. The maximum Gasteiger partial charge on any atom is 0.144 e. The van der Waals surface area contributed by atoms with E-state index in [0.717, 1.165) is 43.7 Å². The fraction of sp³-hybridized carbons (Fsp3) is 0.200. The molecule has 168 valence electrons. The predicted molar refractivity (Wildman–Crippen MR) is 144 cm³/mol. The van der Waals surface area contributed by atoms with Gasteiger partial charge in [0.25, 0.3) is 0 Å². The van der Waals surface area contributed by atoms with E-state index in [0.29, 0.717) is 5.92 Å². The fourth-order valence-corrected chi connectivity index (χ4v) is 6.08. The molecule has 0 saturated heterocycles. The molecule has 3 nitrogen and oxygen atoms in total. The van der Waals surface area contributed by atoms with Gasteiger partial charge in [-0.1, -0.05) is 44.2 Å². The van der Waals surface area contributed by atoms with Crippen molar-refractivity contribution in [2.45, 2.75) is 40.5 Å². The summed E-state index contributed by atoms with van der Waals surface area (Å²) in [5, 5.41) is 3.33. The molecule has 3 aromatic heterocycles. The second-order valence-corrected chi connectivity index (χ2v) is 10.6. The second kappa shape index (κ2) is 7.78. The lowest BCUT2D eigenvalue weighted by Gasteiger charge is -2.18. The number of furan rings is 1. The number of nitrogens with zero attached hydrogens (tertiary/aromatic N) is 2. The van der Waals surface area contributed by atoms with Crippen molar-refractivity contribution in [2.24, 2.45) is 0 Å². The first-order valence-electron chi connectivity index (χ1n) is 11.7. The monoisotopic (exact) mass is 462 g/mol. The topological polar surface area (TPSA) is 38.9 Å². The largest absolute Gasteiger partial charge is 0.455 e. The minimum atomic E-state index is 0.375. The molecule has 3 heterocycles. The van der Waals surface area contributed by atoms with Crippen molar-refractivity contribution in [3.8, 4) is 22.4 Å². The summed E-state index contributed by atoms with van der Waals surface area (Å²) in [5.74, 6) is 0.375. The highest BCUT2D eigenvalue weighted by atomic mass is 32.1. The molecule has 0 unspecified atom stereocenters. The van der Waals surface area contributed by atoms with Crippen LogP contribution in [0.3, 0.4) is 0 Å². The Labute approximate surface area is 203 Å². The summed E-state index contributed by atoms with van der Waals surface area (Å²) in [7, 11) is 0. The molecule has 0 amide bonds. The Bertz CT molecular complexity index is 1700. The molecule has 0 aliphatic heterocycles. The average molecular weight is 463 g/mol. The van der Waals surface area contributed by atoms with Crippen LogP contribution >= 0.6 is 11.3 Å². The van der Waals surface area contributed by atoms with Gasteiger partial charge in [0.1, 0.15) is 11.2 Å². The lowest BCUT2D eigenvalue weighted by atomic mass is 9.88. The van der Waals surface area contributed by atoms with Crippen LogP contribution in [0.2, 0.25) is 0 Å². The van der Waals surface area contributed by atoms with Gasteiger partial charge in [-0.2, -0.15) is 0 Å². The number of aryl methyl sites for hydroxylation is 3. The van der Waals surface area contributed by atoms with E-state index in [-0.39, 0.29) is 0 Å². The van der Waals surface area contributed by atoms with Crippen molar-refractivity contribution < 1.29 is 4.42 Å². The molecule has 4 heteroatoms. The van der Waals surface area contributed by atoms with Gasteiger partial charge in [0, 0.05) is 22.5 Å². The number of fused-ring (bicyclic) bond motifs is 5. The molecular weight excluding hydrogens is 436 g/mol. The van der Waals surface area contributed by atoms with Crippen molar-refractivity contribution in [1.29, 1.82) is 0 Å². The lowest BCUT2D eigenvalue weighted by molar-refractivity contribution is 0.670. The van der Waals surface area contributed by atoms with Crippen LogP contribution in [-0.4, -0.2) is 9.97 Å². The summed E-state index contributed by atoms with van der Waals surface area (Å²) in [5.41, 5.74) is 11.1. The molecule has 0 N–H and O–H groups in total. The summed E-state index contributed by atoms with van der Waals surface area (Å²) in [6.07, 6.45) is 2.05. The lowest BCUT2D eigenvalue weighted by Crippen LogP contribution is -1.99. The number of pyridine rings is 1. The summed E-state index contributed by atoms with van der Waals surface area (Å²) < 4.78 is 7.65. The van der Waals surface area contributed by atoms with Gasteiger partial charge < -0.3 is 4.42 Å². The molecule has 3 aromatic carbocycles. The van der Waals surface area contributed by atoms with Crippen molar-refractivity contribution in [1.82, 2.24) is 9.97 Å². The zero-order valence-electron chi connectivity index (χ0n) is 20.1. The van der Waals surface area contributed by atoms with Gasteiger partial charge in [0.2, 0.25) is 0 Å². The van der Waals surface area contributed by atoms with E-state index >= 15 is 0 Å². The molecule has 6 aromatic rings. The highest BCUT2D eigenvalue weighted by molar-refractivity contribution is 7.19. The normalized spacial score (nSPS) is 11.9. The van der Waals surface area contributed by atoms with Crippen LogP contribution in [0.25, 0.3) is 54.5 Å². The van der Waals surface area contributed by atoms with Crippen LogP contribution < -0.4 is 0 Å². The van der Waals surface area contributed by atoms with Crippen LogP contribution in [0.1, 0.15) is 41.5 Å². The SMILES string of the molecule is Cc1nc2ccc3oc4c(-c5cc(-c6c(C)cccc6C)c(C(C)C)cn5)cccc4c3c2s1. The fourth-order valence-electron chi connectivity index (χ4n) is 5.11. The Balaban J connectivity index is 1.64. The third kappa shape index (κ3) is 3.17. The summed E-state index contributed by atoms with van der Waals surface area (Å²) in [6, 6.07) is 19.2. The molecule has 0 radical (unpaired) electrons. The predicted octanol–water partition coefficient (Wildman–Crippen LogP) is 8.97. The minimum absolute atomic E-state index is 0.375. The summed E-state index contributed by atoms with van der Waals surface area (Å²) in [6.45, 7) is 10.9. The molecule has 0 atom stereocenters. The van der Waals surface area contributed by atoms with E-state index in [1.54, 1.807) is 11.3 Å². The Morgan fingerprint density at radius 3 is 2.41 bits per heavy atom. The molecule has 34 heavy (non-hydrogen) atoms. The zero-order chi connectivity index (χ0) is 23.6. The van der Waals surface area contributed by atoms with Crippen LogP contribution in [0, 0.1) is 20.8 Å². The van der Waals surface area contributed by atoms with Gasteiger partial charge >= 0.3 is 0 Å². The van der Waals surface area contributed by atoms with E-state index in [2.05, 4.69) is 88.1 Å². The number of rotatable bonds is 3. The quantitative estimate of drug-likeness (QED) is 0.263. The van der Waals surface area contributed by atoms with Gasteiger partial charge in [-0.25, -0.2) is 4.98 Å². The van der Waals surface area contributed by atoms with E-state index < -0.39 is 0 Å². The van der Waals surface area contributed by atoms with Gasteiger partial charge in [0.15, 0.2) is 0 Å². The van der Waals surface area contributed by atoms with Crippen LogP contribution in [-0.2, 0) is 0 Å². The number of hydrogen-bond donors (Lipinski definition) is 0. The number of thiazole rings is 1. The number of hydrogen-bond acceptors (Lipinski definition) is 4. The zero-order valence-corrected chi connectivity index (χ0v) is 20.9. The number of para-hydroxylation sites is 1. The van der Waals surface area contributed by atoms with Crippen molar-refractivity contribution >= 4 is 43.5 Å². The second-order valence-electron chi connectivity index (χ2n) is 9.38. The van der Waals surface area contributed by atoms with Gasteiger partial charge in [-0.3, -0.25) is 4.98 Å². The van der Waals surface area contributed by atoms with E-state index in [9.17, 15) is 0 Å². The molecule has 0 fully saturated rings. The minimum Gasteiger partial charge on any atom is -0.455 e. The van der Waals surface area contributed by atoms with E-state index in [1.807, 2.05) is 12.3 Å². The highest BCUT2D eigenvalue weighted by Gasteiger charge is 2.19. The van der Waals surface area contributed by atoms with Crippen molar-refractivity contribution in [3.63, 3.8) is 0 Å². The summed E-state index contributed by atoms with van der Waals surface area (Å²) in [4.78, 5) is 9.62. The Kier molecular flexibility index (Phi) is 4.82. The third-order valence-corrected chi connectivity index (χ3v) is 7.71. The first-order chi connectivity index (χ1) is 16.4. The molecular formula is C30H26N2OS. The Morgan fingerprint density at radius 1 is 0.882 bits per heavy atom. The standard InChI is InChI=1S/C30H26N2OS/c1-16(2)23-15-31-25(14-22(23)27-17(3)8-6-9-18(27)4)20-10-7-11-21-28-26(33-29(20)21)13-12-24-30(28)34-19(5)32-24/h6-16H,1-5H3. The Hall–Kier alpha value is -3.50. The first-order valence-corrected chi connectivity index (χ1v) is 12.5. The summed E-state index contributed by atoms with van der Waals surface area (Å²) >= 11 is 1.72. The molecule has 6 rings (SSSR count). The third-order valence-electron chi connectivity index (χ3n) is 6.71. The van der Waals surface area contributed by atoms with Gasteiger partial charge in [-0.05, 0) is 78.8 Å². The van der Waals surface area contributed by atoms with E-state index in [1.165, 1.54) is 32.5 Å². The smallest absolute Gasteiger partial charge is 0.144 e. The number of benzene rings is 3. The Morgan fingerprint density at radius 2 is 1.65 bits per heavy atom. The van der Waals surface area contributed by atoms with Crippen LogP contribution in [0.4, 0.5) is 0 Å². The highest BCUT2D eigenvalue weighted by Crippen LogP contribution is 2.42. The maximum atomic E-state index is 6.46. The molecule has 0 aliphatic carbocycles. The molecule has 0 bridgehead atoms.